The van der Waals surface area contributed by atoms with Crippen LogP contribution in [0.2, 0.25) is 19.6 Å². The number of para-hydroxylation sites is 1. The minimum Gasteiger partial charge on any atom is -0.455 e. The Morgan fingerprint density at radius 3 is 2.13 bits per heavy atom. The lowest BCUT2D eigenvalue weighted by Crippen LogP contribution is -2.72. The summed E-state index contributed by atoms with van der Waals surface area (Å²) in [7, 11) is -1.72. The van der Waals surface area contributed by atoms with E-state index < -0.39 is 13.7 Å². The van der Waals surface area contributed by atoms with E-state index >= 15 is 0 Å². The molecule has 1 atom stereocenters. The molecule has 4 nitrogen and oxygen atoms in total. The normalized spacial score (nSPS) is 15.6. The molecule has 10 aromatic rings. The third-order valence-electron chi connectivity index (χ3n) is 12.2. The average molecular weight is 724 g/mol. The highest BCUT2D eigenvalue weighted by molar-refractivity contribution is 6.88. The molecule has 0 saturated carbocycles. The van der Waals surface area contributed by atoms with Gasteiger partial charge < -0.3 is 4.42 Å². The molecular formula is C50H37N3OSi+2. The number of nitrogens with zero attached hydrogens (tertiary/aromatic N) is 3. The van der Waals surface area contributed by atoms with E-state index in [-0.39, 0.29) is 0 Å². The van der Waals surface area contributed by atoms with E-state index in [0.29, 0.717) is 0 Å². The maximum absolute atomic E-state index is 7.02. The number of furan rings is 1. The van der Waals surface area contributed by atoms with Crippen LogP contribution in [-0.4, -0.2) is 12.6 Å². The van der Waals surface area contributed by atoms with Crippen molar-refractivity contribution >= 4 is 57.0 Å². The number of hydrogen-bond donors (Lipinski definition) is 0. The summed E-state index contributed by atoms with van der Waals surface area (Å²) >= 11 is 0. The molecule has 0 amide bonds. The van der Waals surface area contributed by atoms with Crippen molar-refractivity contribution in [2.24, 2.45) is 0 Å². The zero-order valence-electron chi connectivity index (χ0n) is 30.9. The Balaban J connectivity index is 1.30. The maximum atomic E-state index is 7.02. The molecule has 5 heteroatoms. The van der Waals surface area contributed by atoms with E-state index in [9.17, 15) is 0 Å². The Morgan fingerprint density at radius 2 is 1.31 bits per heavy atom. The molecule has 55 heavy (non-hydrogen) atoms. The highest BCUT2D eigenvalue weighted by Crippen LogP contribution is 2.52. The lowest BCUT2D eigenvalue weighted by Gasteiger charge is -2.22. The Bertz CT molecular complexity index is 3240. The molecule has 0 N–H and O–H groups in total. The SMILES string of the molecule is C[Si](C)(C)c1ccc2[n+](c1)C1(c3ccccc3-2)c2ccc3c(oc4ccccc43)c2-c2n(-c3ccc(-c4ccccc4)cc3)c3cc4ccccc4cc3[n+]21. The van der Waals surface area contributed by atoms with Gasteiger partial charge in [0.25, 0.3) is 0 Å². The van der Waals surface area contributed by atoms with Gasteiger partial charge in [0.2, 0.25) is 5.69 Å². The summed E-state index contributed by atoms with van der Waals surface area (Å²) in [5, 5.41) is 6.12. The summed E-state index contributed by atoms with van der Waals surface area (Å²) in [4.78, 5) is 0. The lowest BCUT2D eigenvalue weighted by molar-refractivity contribution is -0.944. The van der Waals surface area contributed by atoms with Crippen LogP contribution in [0.15, 0.2) is 174 Å². The van der Waals surface area contributed by atoms with Gasteiger partial charge in [0.05, 0.1) is 24.8 Å². The van der Waals surface area contributed by atoms with Crippen LogP contribution in [-0.2, 0) is 5.66 Å². The first-order valence-electron chi connectivity index (χ1n) is 19.2. The first-order valence-corrected chi connectivity index (χ1v) is 22.7. The van der Waals surface area contributed by atoms with Crippen molar-refractivity contribution in [2.75, 3.05) is 0 Å². The number of pyridine rings is 1. The number of benzene rings is 7. The molecule has 260 valence electrons. The van der Waals surface area contributed by atoms with Crippen LogP contribution in [0.25, 0.3) is 83.2 Å². The molecule has 1 spiro atoms. The van der Waals surface area contributed by atoms with E-state index in [4.69, 9.17) is 4.42 Å². The van der Waals surface area contributed by atoms with Gasteiger partial charge >= 0.3 is 11.5 Å². The van der Waals surface area contributed by atoms with Crippen LogP contribution in [0.5, 0.6) is 0 Å². The molecule has 1 unspecified atom stereocenters. The number of fused-ring (bicyclic) bond motifs is 17. The van der Waals surface area contributed by atoms with Gasteiger partial charge in [-0.05, 0) is 76.5 Å². The van der Waals surface area contributed by atoms with Crippen LogP contribution < -0.4 is 14.3 Å². The Hall–Kier alpha value is -6.56. The summed E-state index contributed by atoms with van der Waals surface area (Å²) in [6, 6.07) is 60.3. The Labute approximate surface area is 319 Å². The molecule has 0 aliphatic carbocycles. The summed E-state index contributed by atoms with van der Waals surface area (Å²) in [6.45, 7) is 7.33. The molecule has 0 fully saturated rings. The van der Waals surface area contributed by atoms with Crippen LogP contribution in [0.3, 0.4) is 0 Å². The minimum atomic E-state index is -1.72. The van der Waals surface area contributed by atoms with Crippen molar-refractivity contribution in [1.29, 1.82) is 0 Å². The second kappa shape index (κ2) is 10.8. The molecule has 5 heterocycles. The molecule has 0 radical (unpaired) electrons. The molecule has 0 bridgehead atoms. The average Bonchev–Trinajstić information content (AvgIpc) is 3.93. The first kappa shape index (κ1) is 30.9. The van der Waals surface area contributed by atoms with E-state index in [0.717, 1.165) is 44.5 Å². The zero-order chi connectivity index (χ0) is 36.6. The quantitative estimate of drug-likeness (QED) is 0.132. The highest BCUT2D eigenvalue weighted by atomic mass is 28.3. The second-order valence-corrected chi connectivity index (χ2v) is 21.3. The van der Waals surface area contributed by atoms with Crippen molar-refractivity contribution in [2.45, 2.75) is 25.3 Å². The van der Waals surface area contributed by atoms with E-state index in [1.807, 2.05) is 0 Å². The summed E-state index contributed by atoms with van der Waals surface area (Å²) in [5.41, 5.74) is 13.1. The maximum Gasteiger partial charge on any atom is 0.364 e. The van der Waals surface area contributed by atoms with Gasteiger partial charge in [-0.25, -0.2) is 0 Å². The van der Waals surface area contributed by atoms with Crippen molar-refractivity contribution in [1.82, 2.24) is 4.57 Å². The van der Waals surface area contributed by atoms with Crippen LogP contribution in [0, 0.1) is 0 Å². The van der Waals surface area contributed by atoms with Crippen molar-refractivity contribution in [3.05, 3.63) is 181 Å². The Kier molecular flexibility index (Phi) is 6.04. The molecule has 12 rings (SSSR count). The molecule has 0 saturated heterocycles. The summed E-state index contributed by atoms with van der Waals surface area (Å²) in [5.74, 6) is 1.12. The monoisotopic (exact) mass is 723 g/mol. The number of rotatable bonds is 3. The summed E-state index contributed by atoms with van der Waals surface area (Å²) < 4.78 is 14.8. The van der Waals surface area contributed by atoms with Gasteiger partial charge in [-0.3, -0.25) is 0 Å². The lowest BCUT2D eigenvalue weighted by atomic mass is 9.88. The van der Waals surface area contributed by atoms with Crippen molar-refractivity contribution < 1.29 is 13.6 Å². The third-order valence-corrected chi connectivity index (χ3v) is 14.2. The van der Waals surface area contributed by atoms with E-state index in [1.54, 1.807) is 0 Å². The van der Waals surface area contributed by atoms with E-state index in [1.165, 1.54) is 55.0 Å². The van der Waals surface area contributed by atoms with Gasteiger partial charge in [0, 0.05) is 22.0 Å². The number of imidazole rings is 1. The molecule has 3 aromatic heterocycles. The van der Waals surface area contributed by atoms with Crippen LogP contribution >= 0.6 is 0 Å². The zero-order valence-corrected chi connectivity index (χ0v) is 31.9. The fourth-order valence-electron chi connectivity index (χ4n) is 9.65. The van der Waals surface area contributed by atoms with E-state index in [2.05, 4.69) is 203 Å². The van der Waals surface area contributed by atoms with Gasteiger partial charge in [0.15, 0.2) is 22.8 Å². The predicted octanol–water partition coefficient (Wildman–Crippen LogP) is 10.7. The minimum absolute atomic E-state index is 0.713. The van der Waals surface area contributed by atoms with Crippen LogP contribution in [0.1, 0.15) is 11.1 Å². The predicted molar refractivity (Wildman–Crippen MR) is 226 cm³/mol. The third kappa shape index (κ3) is 4.00. The van der Waals surface area contributed by atoms with Gasteiger partial charge in [-0.2, -0.15) is 4.57 Å². The van der Waals surface area contributed by atoms with Crippen molar-refractivity contribution in [3.63, 3.8) is 0 Å². The van der Waals surface area contributed by atoms with Gasteiger partial charge in [-0.15, -0.1) is 9.13 Å². The second-order valence-electron chi connectivity index (χ2n) is 16.2. The van der Waals surface area contributed by atoms with Crippen LogP contribution in [0.4, 0.5) is 0 Å². The highest BCUT2D eigenvalue weighted by Gasteiger charge is 2.67. The fourth-order valence-corrected chi connectivity index (χ4v) is 10.7. The Morgan fingerprint density at radius 1 is 0.600 bits per heavy atom. The molecule has 7 aromatic carbocycles. The molecule has 2 aliphatic rings. The van der Waals surface area contributed by atoms with Gasteiger partial charge in [-0.1, -0.05) is 123 Å². The topological polar surface area (TPSA) is 25.8 Å². The molecule has 2 aliphatic heterocycles. The van der Waals surface area contributed by atoms with Gasteiger partial charge in [0.1, 0.15) is 16.8 Å². The fraction of sp³-hybridized carbons (Fsp3) is 0.0800. The standard InChI is InChI=1S/C50H37N3OSi/c1-55(2,3)37-25-28-43-40-18-9-11-19-41(40)50(51(43)31-37)42-27-26-39-38-17-10-12-20-46(38)54-48(39)47(42)49-52(36-23-21-33(22-24-36)32-13-5-4-6-14-32)44-29-34-15-7-8-16-35(34)30-45(44)53(49)50/h4-31H,1-3H3/q+2. The smallest absolute Gasteiger partial charge is 0.364 e. The number of hydrogen-bond acceptors (Lipinski definition) is 1. The molecular weight excluding hydrogens is 687 g/mol. The van der Waals surface area contributed by atoms with Crippen molar-refractivity contribution in [3.8, 4) is 39.5 Å². The largest absolute Gasteiger partial charge is 0.455 e. The number of aromatic nitrogens is 3. The summed E-state index contributed by atoms with van der Waals surface area (Å²) in [6.07, 6.45) is 2.48. The first-order chi connectivity index (χ1) is 26.9.